The van der Waals surface area contributed by atoms with Crippen LogP contribution in [0.3, 0.4) is 0 Å². The molecule has 7 heteroatoms. The summed E-state index contributed by atoms with van der Waals surface area (Å²) >= 11 is 0. The van der Waals surface area contributed by atoms with Gasteiger partial charge in [0.1, 0.15) is 5.76 Å². The fourth-order valence-electron chi connectivity index (χ4n) is 1.38. The molecule has 0 aliphatic heterocycles. The zero-order valence-corrected chi connectivity index (χ0v) is 10.6. The lowest BCUT2D eigenvalue weighted by atomic mass is 10.3. The topological polar surface area (TPSA) is 98.2 Å². The highest BCUT2D eigenvalue weighted by atomic mass is 32.2. The van der Waals surface area contributed by atoms with E-state index >= 15 is 0 Å². The van der Waals surface area contributed by atoms with Crippen LogP contribution in [-0.4, -0.2) is 13.4 Å². The minimum atomic E-state index is -3.74. The Labute approximate surface area is 105 Å². The lowest BCUT2D eigenvalue weighted by molar-refractivity contribution is 0.417. The van der Waals surface area contributed by atoms with Gasteiger partial charge in [0.2, 0.25) is 5.09 Å². The normalized spacial score (nSPS) is 11.4. The molecule has 0 aromatic carbocycles. The summed E-state index contributed by atoms with van der Waals surface area (Å²) in [5.41, 5.74) is 6.56. The zero-order valence-electron chi connectivity index (χ0n) is 9.75. The molecule has 0 amide bonds. The number of nitrogens with zero attached hydrogens (tertiary/aromatic N) is 1. The molecule has 0 aliphatic carbocycles. The van der Waals surface area contributed by atoms with Crippen molar-refractivity contribution in [1.82, 2.24) is 4.98 Å². The Morgan fingerprint density at radius 2 is 2.17 bits per heavy atom. The standard InChI is InChI=1S/C11H13N3O3S/c1-8-4-5-13-7-10(8)14-18(15,16)11-3-2-9(6-12)17-11/h2-5,7,14H,6,12H2,1H3. The third-order valence-electron chi connectivity index (χ3n) is 2.39. The molecule has 96 valence electrons. The number of hydrogen-bond donors (Lipinski definition) is 2. The first-order valence-corrected chi connectivity index (χ1v) is 6.73. The molecule has 0 unspecified atom stereocenters. The highest BCUT2D eigenvalue weighted by molar-refractivity contribution is 7.92. The number of anilines is 1. The predicted octanol–water partition coefficient (Wildman–Crippen LogP) is 1.24. The van der Waals surface area contributed by atoms with E-state index in [9.17, 15) is 8.42 Å². The van der Waals surface area contributed by atoms with Crippen LogP contribution < -0.4 is 10.5 Å². The summed E-state index contributed by atoms with van der Waals surface area (Å²) in [6, 6.07) is 4.62. The number of rotatable bonds is 4. The number of nitrogens with two attached hydrogens (primary N) is 1. The van der Waals surface area contributed by atoms with Crippen molar-refractivity contribution < 1.29 is 12.8 Å². The first kappa shape index (κ1) is 12.6. The first-order valence-electron chi connectivity index (χ1n) is 5.25. The third kappa shape index (κ3) is 2.52. The van der Waals surface area contributed by atoms with Crippen LogP contribution >= 0.6 is 0 Å². The highest BCUT2D eigenvalue weighted by Crippen LogP contribution is 2.19. The van der Waals surface area contributed by atoms with Crippen molar-refractivity contribution in [3.05, 3.63) is 41.9 Å². The monoisotopic (exact) mass is 267 g/mol. The number of nitrogens with one attached hydrogen (secondary N) is 1. The molecule has 0 fully saturated rings. The Bertz CT molecular complexity index is 649. The third-order valence-corrected chi connectivity index (χ3v) is 3.62. The summed E-state index contributed by atoms with van der Waals surface area (Å²) in [5.74, 6) is 0.415. The van der Waals surface area contributed by atoms with Crippen molar-refractivity contribution in [2.45, 2.75) is 18.6 Å². The van der Waals surface area contributed by atoms with Gasteiger partial charge in [-0.05, 0) is 30.7 Å². The second kappa shape index (κ2) is 4.79. The summed E-state index contributed by atoms with van der Waals surface area (Å²) < 4.78 is 31.5. The number of pyridine rings is 1. The van der Waals surface area contributed by atoms with E-state index in [4.69, 9.17) is 10.2 Å². The van der Waals surface area contributed by atoms with Crippen molar-refractivity contribution in [2.24, 2.45) is 5.73 Å². The van der Waals surface area contributed by atoms with Crippen LogP contribution in [0.4, 0.5) is 5.69 Å². The molecule has 0 saturated carbocycles. The Hall–Kier alpha value is -1.86. The van der Waals surface area contributed by atoms with Gasteiger partial charge in [0, 0.05) is 6.20 Å². The first-order chi connectivity index (χ1) is 8.53. The lowest BCUT2D eigenvalue weighted by Gasteiger charge is -2.07. The molecule has 0 bridgehead atoms. The molecule has 2 rings (SSSR count). The minimum absolute atomic E-state index is 0.154. The summed E-state index contributed by atoms with van der Waals surface area (Å²) in [7, 11) is -3.74. The van der Waals surface area contributed by atoms with Crippen LogP contribution in [0.5, 0.6) is 0 Å². The molecule has 2 heterocycles. The molecule has 18 heavy (non-hydrogen) atoms. The number of aromatic nitrogens is 1. The molecule has 0 saturated heterocycles. The predicted molar refractivity (Wildman–Crippen MR) is 66.4 cm³/mol. The Kier molecular flexibility index (Phi) is 3.35. The van der Waals surface area contributed by atoms with Gasteiger partial charge in [-0.1, -0.05) is 0 Å². The maximum atomic E-state index is 12.0. The van der Waals surface area contributed by atoms with E-state index in [-0.39, 0.29) is 11.6 Å². The smallest absolute Gasteiger partial charge is 0.295 e. The SMILES string of the molecule is Cc1ccncc1NS(=O)(=O)c1ccc(CN)o1. The minimum Gasteiger partial charge on any atom is -0.446 e. The van der Waals surface area contributed by atoms with E-state index < -0.39 is 10.0 Å². The average molecular weight is 267 g/mol. The van der Waals surface area contributed by atoms with E-state index in [2.05, 4.69) is 9.71 Å². The molecular weight excluding hydrogens is 254 g/mol. The van der Waals surface area contributed by atoms with E-state index in [0.29, 0.717) is 11.4 Å². The molecule has 2 aromatic heterocycles. The van der Waals surface area contributed by atoms with E-state index in [1.54, 1.807) is 19.2 Å². The van der Waals surface area contributed by atoms with Crippen LogP contribution in [0.25, 0.3) is 0 Å². The quantitative estimate of drug-likeness (QED) is 0.868. The van der Waals surface area contributed by atoms with Gasteiger partial charge in [0.25, 0.3) is 10.0 Å². The van der Waals surface area contributed by atoms with Crippen molar-refractivity contribution in [3.63, 3.8) is 0 Å². The van der Waals surface area contributed by atoms with Gasteiger partial charge in [-0.25, -0.2) is 0 Å². The fourth-order valence-corrected chi connectivity index (χ4v) is 2.45. The number of sulfonamides is 1. The van der Waals surface area contributed by atoms with Crippen molar-refractivity contribution >= 4 is 15.7 Å². The molecular formula is C11H13N3O3S. The van der Waals surface area contributed by atoms with Gasteiger partial charge in [-0.3, -0.25) is 9.71 Å². The van der Waals surface area contributed by atoms with Crippen molar-refractivity contribution in [3.8, 4) is 0 Å². The molecule has 6 nitrogen and oxygen atoms in total. The van der Waals surface area contributed by atoms with Gasteiger partial charge in [-0.2, -0.15) is 8.42 Å². The highest BCUT2D eigenvalue weighted by Gasteiger charge is 2.19. The summed E-state index contributed by atoms with van der Waals surface area (Å²) in [6.07, 6.45) is 3.03. The second-order valence-corrected chi connectivity index (χ2v) is 5.33. The summed E-state index contributed by atoms with van der Waals surface area (Å²) in [5, 5.41) is -0.161. The molecule has 2 aromatic rings. The van der Waals surface area contributed by atoms with Gasteiger partial charge in [-0.15, -0.1) is 0 Å². The maximum Gasteiger partial charge on any atom is 0.295 e. The number of furan rings is 1. The van der Waals surface area contributed by atoms with Gasteiger partial charge < -0.3 is 10.2 Å². The Balaban J connectivity index is 2.30. The largest absolute Gasteiger partial charge is 0.446 e. The van der Waals surface area contributed by atoms with Crippen LogP contribution in [0.1, 0.15) is 11.3 Å². The molecule has 3 N–H and O–H groups in total. The molecule has 0 radical (unpaired) electrons. The van der Waals surface area contributed by atoms with Gasteiger partial charge >= 0.3 is 0 Å². The number of hydrogen-bond acceptors (Lipinski definition) is 5. The summed E-state index contributed by atoms with van der Waals surface area (Å²) in [4.78, 5) is 3.87. The Morgan fingerprint density at radius 3 is 2.78 bits per heavy atom. The molecule has 0 atom stereocenters. The average Bonchev–Trinajstić information content (AvgIpc) is 2.81. The van der Waals surface area contributed by atoms with Crippen LogP contribution in [0.2, 0.25) is 0 Å². The van der Waals surface area contributed by atoms with Crippen molar-refractivity contribution in [2.75, 3.05) is 4.72 Å². The van der Waals surface area contributed by atoms with Crippen LogP contribution in [0.15, 0.2) is 40.1 Å². The summed E-state index contributed by atoms with van der Waals surface area (Å²) in [6.45, 7) is 1.94. The van der Waals surface area contributed by atoms with Gasteiger partial charge in [0.15, 0.2) is 0 Å². The zero-order chi connectivity index (χ0) is 13.2. The van der Waals surface area contributed by atoms with E-state index in [0.717, 1.165) is 5.56 Å². The Morgan fingerprint density at radius 1 is 1.39 bits per heavy atom. The second-order valence-electron chi connectivity index (χ2n) is 3.72. The van der Waals surface area contributed by atoms with E-state index in [1.807, 2.05) is 0 Å². The molecule has 0 aliphatic rings. The van der Waals surface area contributed by atoms with Crippen LogP contribution in [0, 0.1) is 6.92 Å². The molecule has 0 spiro atoms. The van der Waals surface area contributed by atoms with Crippen LogP contribution in [-0.2, 0) is 16.6 Å². The maximum absolute atomic E-state index is 12.0. The van der Waals surface area contributed by atoms with Gasteiger partial charge in [0.05, 0.1) is 18.4 Å². The number of aryl methyl sites for hydroxylation is 1. The van der Waals surface area contributed by atoms with Crippen molar-refractivity contribution in [1.29, 1.82) is 0 Å². The lowest BCUT2D eigenvalue weighted by Crippen LogP contribution is -2.13. The fraction of sp³-hybridized carbons (Fsp3) is 0.182. The van der Waals surface area contributed by atoms with E-state index in [1.165, 1.54) is 18.3 Å².